The minimum atomic E-state index is -0.929. The van der Waals surface area contributed by atoms with Crippen molar-refractivity contribution in [2.45, 2.75) is 32.6 Å². The molecule has 0 aliphatic rings. The molecule has 3 nitrogen and oxygen atoms in total. The minimum absolute atomic E-state index is 0.726. The van der Waals surface area contributed by atoms with Crippen LogP contribution in [0.3, 0.4) is 0 Å². The van der Waals surface area contributed by atoms with Crippen LogP contribution in [0.5, 0.6) is 0 Å². The van der Waals surface area contributed by atoms with Gasteiger partial charge in [-0.05, 0) is 42.2 Å². The van der Waals surface area contributed by atoms with Gasteiger partial charge in [0.05, 0.1) is 0 Å². The van der Waals surface area contributed by atoms with E-state index in [9.17, 15) is 4.79 Å². The highest BCUT2D eigenvalue weighted by molar-refractivity contribution is 5.85. The second-order valence-corrected chi connectivity index (χ2v) is 4.09. The summed E-state index contributed by atoms with van der Waals surface area (Å²) in [6.45, 7) is 2.16. The Balaban J connectivity index is 2.83. The highest BCUT2D eigenvalue weighted by atomic mass is 16.4. The molecule has 0 fully saturated rings. The smallest absolute Gasteiger partial charge is 0.328 e. The van der Waals surface area contributed by atoms with Gasteiger partial charge in [0.25, 0.3) is 0 Å². The summed E-state index contributed by atoms with van der Waals surface area (Å²) in [6.07, 6.45) is 7.18. The SMILES string of the molecule is CCCCCc1cc(N)ccc1C=CC(=O)O. The van der Waals surface area contributed by atoms with E-state index in [0.717, 1.165) is 35.7 Å². The van der Waals surface area contributed by atoms with Crippen molar-refractivity contribution < 1.29 is 9.90 Å². The first-order valence-electron chi connectivity index (χ1n) is 5.93. The summed E-state index contributed by atoms with van der Waals surface area (Å²) in [5, 5.41) is 8.62. The van der Waals surface area contributed by atoms with E-state index in [1.54, 1.807) is 12.1 Å². The van der Waals surface area contributed by atoms with Crippen molar-refractivity contribution in [3.63, 3.8) is 0 Å². The number of anilines is 1. The van der Waals surface area contributed by atoms with Crippen LogP contribution in [-0.4, -0.2) is 11.1 Å². The molecule has 1 aromatic rings. The third-order valence-corrected chi connectivity index (χ3v) is 2.62. The Morgan fingerprint density at radius 3 is 2.82 bits per heavy atom. The minimum Gasteiger partial charge on any atom is -0.478 e. The lowest BCUT2D eigenvalue weighted by atomic mass is 10.00. The molecule has 0 aromatic heterocycles. The molecule has 3 heteroatoms. The van der Waals surface area contributed by atoms with Gasteiger partial charge >= 0.3 is 5.97 Å². The van der Waals surface area contributed by atoms with Crippen LogP contribution in [0.15, 0.2) is 24.3 Å². The maximum atomic E-state index is 10.5. The Labute approximate surface area is 102 Å². The van der Waals surface area contributed by atoms with Gasteiger partial charge in [0.1, 0.15) is 0 Å². The number of unbranched alkanes of at least 4 members (excludes halogenated alkanes) is 2. The van der Waals surface area contributed by atoms with Crippen molar-refractivity contribution in [1.82, 2.24) is 0 Å². The number of benzene rings is 1. The summed E-state index contributed by atoms with van der Waals surface area (Å²) in [7, 11) is 0. The molecule has 0 saturated heterocycles. The fraction of sp³-hybridized carbons (Fsp3) is 0.357. The topological polar surface area (TPSA) is 63.3 Å². The number of nitrogen functional groups attached to an aromatic ring is 1. The number of carbonyl (C=O) groups is 1. The van der Waals surface area contributed by atoms with Gasteiger partial charge < -0.3 is 10.8 Å². The standard InChI is InChI=1S/C14H19NO2/c1-2-3-4-5-12-10-13(15)8-6-11(12)7-9-14(16)17/h6-10H,2-5,15H2,1H3,(H,16,17). The zero-order valence-corrected chi connectivity index (χ0v) is 10.1. The van der Waals surface area contributed by atoms with Crippen molar-refractivity contribution in [2.24, 2.45) is 0 Å². The number of aliphatic carboxylic acids is 1. The molecule has 1 aromatic carbocycles. The first-order chi connectivity index (χ1) is 8.13. The lowest BCUT2D eigenvalue weighted by molar-refractivity contribution is -0.131. The van der Waals surface area contributed by atoms with E-state index in [2.05, 4.69) is 6.92 Å². The number of hydrogen-bond donors (Lipinski definition) is 2. The van der Waals surface area contributed by atoms with Gasteiger partial charge in [0.15, 0.2) is 0 Å². The summed E-state index contributed by atoms with van der Waals surface area (Å²) >= 11 is 0. The molecular weight excluding hydrogens is 214 g/mol. The fourth-order valence-electron chi connectivity index (χ4n) is 1.73. The highest BCUT2D eigenvalue weighted by Gasteiger charge is 2.01. The summed E-state index contributed by atoms with van der Waals surface area (Å²) in [5.41, 5.74) is 8.54. The van der Waals surface area contributed by atoms with Crippen LogP contribution in [-0.2, 0) is 11.2 Å². The molecule has 0 aliphatic heterocycles. The summed E-state index contributed by atoms with van der Waals surface area (Å²) in [5.74, 6) is -0.929. The molecule has 0 unspecified atom stereocenters. The van der Waals surface area contributed by atoms with Gasteiger partial charge in [-0.1, -0.05) is 25.8 Å². The average Bonchev–Trinajstić information content (AvgIpc) is 2.28. The van der Waals surface area contributed by atoms with Crippen LogP contribution >= 0.6 is 0 Å². The van der Waals surface area contributed by atoms with Crippen LogP contribution in [0.25, 0.3) is 6.08 Å². The molecule has 0 bridgehead atoms. The largest absolute Gasteiger partial charge is 0.478 e. The third kappa shape index (κ3) is 4.72. The molecule has 17 heavy (non-hydrogen) atoms. The number of carboxylic acids is 1. The predicted molar refractivity (Wildman–Crippen MR) is 70.8 cm³/mol. The maximum absolute atomic E-state index is 10.5. The number of aryl methyl sites for hydroxylation is 1. The van der Waals surface area contributed by atoms with E-state index in [1.807, 2.05) is 12.1 Å². The number of rotatable bonds is 6. The average molecular weight is 233 g/mol. The lowest BCUT2D eigenvalue weighted by Crippen LogP contribution is -1.94. The van der Waals surface area contributed by atoms with Gasteiger partial charge in [0.2, 0.25) is 0 Å². The van der Waals surface area contributed by atoms with Gasteiger partial charge in [-0.3, -0.25) is 0 Å². The van der Waals surface area contributed by atoms with Gasteiger partial charge in [-0.25, -0.2) is 4.79 Å². The monoisotopic (exact) mass is 233 g/mol. The maximum Gasteiger partial charge on any atom is 0.328 e. The summed E-state index contributed by atoms with van der Waals surface area (Å²) in [6, 6.07) is 5.60. The first-order valence-corrected chi connectivity index (χ1v) is 5.93. The Hall–Kier alpha value is -1.77. The van der Waals surface area contributed by atoms with Crippen molar-refractivity contribution in [3.05, 3.63) is 35.4 Å². The lowest BCUT2D eigenvalue weighted by Gasteiger charge is -2.07. The Morgan fingerprint density at radius 2 is 2.18 bits per heavy atom. The molecule has 0 saturated carbocycles. The first kappa shape index (κ1) is 13.3. The van der Waals surface area contributed by atoms with E-state index in [4.69, 9.17) is 10.8 Å². The second kappa shape index (κ2) is 6.74. The molecule has 0 heterocycles. The molecular formula is C14H19NO2. The van der Waals surface area contributed by atoms with E-state index < -0.39 is 5.97 Å². The molecule has 0 amide bonds. The quantitative estimate of drug-likeness (QED) is 0.451. The van der Waals surface area contributed by atoms with Crippen molar-refractivity contribution >= 4 is 17.7 Å². The number of carboxylic acid groups (broad SMARTS) is 1. The zero-order valence-electron chi connectivity index (χ0n) is 10.1. The predicted octanol–water partition coefficient (Wildman–Crippen LogP) is 3.10. The van der Waals surface area contributed by atoms with Crippen LogP contribution in [0.2, 0.25) is 0 Å². The summed E-state index contributed by atoms with van der Waals surface area (Å²) < 4.78 is 0. The number of nitrogens with two attached hydrogens (primary N) is 1. The van der Waals surface area contributed by atoms with Crippen LogP contribution < -0.4 is 5.73 Å². The van der Waals surface area contributed by atoms with Crippen molar-refractivity contribution in [1.29, 1.82) is 0 Å². The van der Waals surface area contributed by atoms with Crippen LogP contribution in [0.1, 0.15) is 37.3 Å². The van der Waals surface area contributed by atoms with Crippen molar-refractivity contribution in [3.8, 4) is 0 Å². The van der Waals surface area contributed by atoms with Crippen LogP contribution in [0.4, 0.5) is 5.69 Å². The Kier molecular flexibility index (Phi) is 5.27. The molecule has 3 N–H and O–H groups in total. The third-order valence-electron chi connectivity index (χ3n) is 2.62. The number of hydrogen-bond acceptors (Lipinski definition) is 2. The van der Waals surface area contributed by atoms with Crippen molar-refractivity contribution in [2.75, 3.05) is 5.73 Å². The van der Waals surface area contributed by atoms with Crippen LogP contribution in [0, 0.1) is 0 Å². The molecule has 0 atom stereocenters. The Morgan fingerprint density at radius 1 is 1.41 bits per heavy atom. The molecule has 0 spiro atoms. The second-order valence-electron chi connectivity index (χ2n) is 4.09. The van der Waals surface area contributed by atoms with Gasteiger partial charge in [-0.2, -0.15) is 0 Å². The normalized spacial score (nSPS) is 10.9. The van der Waals surface area contributed by atoms with E-state index in [1.165, 1.54) is 12.8 Å². The molecule has 0 radical (unpaired) electrons. The van der Waals surface area contributed by atoms with E-state index >= 15 is 0 Å². The zero-order chi connectivity index (χ0) is 12.7. The van der Waals surface area contributed by atoms with Gasteiger partial charge in [-0.15, -0.1) is 0 Å². The highest BCUT2D eigenvalue weighted by Crippen LogP contribution is 2.18. The molecule has 0 aliphatic carbocycles. The van der Waals surface area contributed by atoms with E-state index in [0.29, 0.717) is 0 Å². The molecule has 1 rings (SSSR count). The fourth-order valence-corrected chi connectivity index (χ4v) is 1.73. The Bertz CT molecular complexity index is 411. The van der Waals surface area contributed by atoms with Gasteiger partial charge in [0, 0.05) is 11.8 Å². The molecule has 92 valence electrons. The van der Waals surface area contributed by atoms with E-state index in [-0.39, 0.29) is 0 Å². The summed E-state index contributed by atoms with van der Waals surface area (Å²) in [4.78, 5) is 10.5.